The molecule has 2 fully saturated rings. The van der Waals surface area contributed by atoms with E-state index in [9.17, 15) is 9.59 Å². The van der Waals surface area contributed by atoms with Gasteiger partial charge in [0.2, 0.25) is 0 Å². The van der Waals surface area contributed by atoms with Crippen molar-refractivity contribution in [3.8, 4) is 5.75 Å². The monoisotopic (exact) mass is 407 g/mol. The van der Waals surface area contributed by atoms with E-state index in [2.05, 4.69) is 48.6 Å². The van der Waals surface area contributed by atoms with Gasteiger partial charge in [-0.15, -0.1) is 0 Å². The lowest BCUT2D eigenvalue weighted by Crippen LogP contribution is -2.55. The third-order valence-corrected chi connectivity index (χ3v) is 6.84. The molecule has 6 heteroatoms. The standard InChI is InChI=1S/C24H29N3O3/c1-26(2)24(19-7-5-4-6-8-19)15-13-23(14-16-24)21(28)27(22(29)25-23)17-18-9-11-20(30-3)12-10-18/h4-12H,13-17H2,1-3H3,(H,25,29). The van der Waals surface area contributed by atoms with Crippen LogP contribution in [0.1, 0.15) is 36.8 Å². The second-order valence-electron chi connectivity index (χ2n) is 8.54. The maximum Gasteiger partial charge on any atom is 0.325 e. The number of carbonyl (C=O) groups is 2. The maximum absolute atomic E-state index is 13.3. The molecule has 6 nitrogen and oxygen atoms in total. The van der Waals surface area contributed by atoms with Gasteiger partial charge in [0.05, 0.1) is 13.7 Å². The van der Waals surface area contributed by atoms with Crippen molar-refractivity contribution >= 4 is 11.9 Å². The molecule has 0 bridgehead atoms. The first-order valence-electron chi connectivity index (χ1n) is 10.4. The highest BCUT2D eigenvalue weighted by atomic mass is 16.5. The highest BCUT2D eigenvalue weighted by molar-refractivity contribution is 6.07. The summed E-state index contributed by atoms with van der Waals surface area (Å²) in [4.78, 5) is 29.7. The van der Waals surface area contributed by atoms with Crippen molar-refractivity contribution in [1.29, 1.82) is 0 Å². The third kappa shape index (κ3) is 3.35. The van der Waals surface area contributed by atoms with Gasteiger partial charge in [-0.3, -0.25) is 14.6 Å². The molecule has 1 spiro atoms. The van der Waals surface area contributed by atoms with Crippen molar-refractivity contribution in [2.75, 3.05) is 21.2 Å². The maximum atomic E-state index is 13.3. The molecule has 2 aromatic rings. The molecule has 1 saturated carbocycles. The van der Waals surface area contributed by atoms with E-state index in [1.807, 2.05) is 30.3 Å². The quantitative estimate of drug-likeness (QED) is 0.771. The number of carbonyl (C=O) groups excluding carboxylic acids is 2. The van der Waals surface area contributed by atoms with Gasteiger partial charge < -0.3 is 10.1 Å². The summed E-state index contributed by atoms with van der Waals surface area (Å²) >= 11 is 0. The molecule has 0 aromatic heterocycles. The van der Waals surface area contributed by atoms with Gasteiger partial charge in [0.1, 0.15) is 11.3 Å². The van der Waals surface area contributed by atoms with Crippen LogP contribution in [0.5, 0.6) is 5.75 Å². The molecule has 4 rings (SSSR count). The summed E-state index contributed by atoms with van der Waals surface area (Å²) in [7, 11) is 5.80. The first-order chi connectivity index (χ1) is 14.4. The van der Waals surface area contributed by atoms with E-state index in [4.69, 9.17) is 4.74 Å². The van der Waals surface area contributed by atoms with E-state index in [1.165, 1.54) is 10.5 Å². The van der Waals surface area contributed by atoms with Gasteiger partial charge in [-0.05, 0) is 63.0 Å². The van der Waals surface area contributed by atoms with Crippen LogP contribution in [-0.2, 0) is 16.9 Å². The summed E-state index contributed by atoms with van der Waals surface area (Å²) in [5.41, 5.74) is 1.24. The van der Waals surface area contributed by atoms with Crippen LogP contribution in [0.4, 0.5) is 4.79 Å². The van der Waals surface area contributed by atoms with Crippen LogP contribution in [0.2, 0.25) is 0 Å². The fourth-order valence-electron chi connectivity index (χ4n) is 4.91. The van der Waals surface area contributed by atoms with Gasteiger partial charge in [0.25, 0.3) is 5.91 Å². The van der Waals surface area contributed by atoms with Crippen LogP contribution >= 0.6 is 0 Å². The lowest BCUT2D eigenvalue weighted by molar-refractivity contribution is -0.134. The summed E-state index contributed by atoms with van der Waals surface area (Å²) < 4.78 is 5.18. The fourth-order valence-corrected chi connectivity index (χ4v) is 4.91. The van der Waals surface area contributed by atoms with Gasteiger partial charge in [-0.25, -0.2) is 4.79 Å². The van der Waals surface area contributed by atoms with Crippen LogP contribution in [0.3, 0.4) is 0 Å². The minimum Gasteiger partial charge on any atom is -0.497 e. The Morgan fingerprint density at radius 1 is 0.967 bits per heavy atom. The number of hydrogen-bond acceptors (Lipinski definition) is 4. The second kappa shape index (κ2) is 7.76. The molecule has 3 amide bonds. The topological polar surface area (TPSA) is 61.9 Å². The summed E-state index contributed by atoms with van der Waals surface area (Å²) in [5.74, 6) is 0.643. The highest BCUT2D eigenvalue weighted by Gasteiger charge is 2.55. The van der Waals surface area contributed by atoms with Crippen molar-refractivity contribution in [3.05, 3.63) is 65.7 Å². The number of ether oxygens (including phenoxy) is 1. The van der Waals surface area contributed by atoms with E-state index in [1.54, 1.807) is 7.11 Å². The highest BCUT2D eigenvalue weighted by Crippen LogP contribution is 2.46. The number of nitrogens with one attached hydrogen (secondary N) is 1. The Morgan fingerprint density at radius 2 is 1.60 bits per heavy atom. The van der Waals surface area contributed by atoms with Gasteiger partial charge in [0.15, 0.2) is 0 Å². The number of rotatable bonds is 5. The molecule has 1 heterocycles. The molecule has 0 atom stereocenters. The molecule has 1 aliphatic heterocycles. The van der Waals surface area contributed by atoms with Crippen LogP contribution in [0.25, 0.3) is 0 Å². The Hall–Kier alpha value is -2.86. The van der Waals surface area contributed by atoms with E-state index in [0.29, 0.717) is 12.8 Å². The number of imide groups is 1. The van der Waals surface area contributed by atoms with E-state index in [0.717, 1.165) is 24.2 Å². The molecular weight excluding hydrogens is 378 g/mol. The summed E-state index contributed by atoms with van der Waals surface area (Å²) in [6.45, 7) is 0.272. The predicted molar refractivity (Wildman–Crippen MR) is 115 cm³/mol. The zero-order valence-corrected chi connectivity index (χ0v) is 17.9. The van der Waals surface area contributed by atoms with Crippen LogP contribution in [-0.4, -0.2) is 48.5 Å². The lowest BCUT2D eigenvalue weighted by Gasteiger charge is -2.48. The van der Waals surface area contributed by atoms with Crippen molar-refractivity contribution in [3.63, 3.8) is 0 Å². The number of benzene rings is 2. The fraction of sp³-hybridized carbons (Fsp3) is 0.417. The summed E-state index contributed by atoms with van der Waals surface area (Å²) in [6.07, 6.45) is 2.88. The Balaban J connectivity index is 1.52. The lowest BCUT2D eigenvalue weighted by atomic mass is 9.68. The van der Waals surface area contributed by atoms with Gasteiger partial charge in [0, 0.05) is 5.54 Å². The largest absolute Gasteiger partial charge is 0.497 e. The Morgan fingerprint density at radius 3 is 2.17 bits per heavy atom. The third-order valence-electron chi connectivity index (χ3n) is 6.84. The zero-order chi connectivity index (χ0) is 21.4. The van der Waals surface area contributed by atoms with E-state index >= 15 is 0 Å². The zero-order valence-electron chi connectivity index (χ0n) is 17.9. The van der Waals surface area contributed by atoms with Crippen molar-refractivity contribution in [2.45, 2.75) is 43.3 Å². The molecular formula is C24H29N3O3. The Bertz CT molecular complexity index is 916. The number of methoxy groups -OCH3 is 1. The minimum atomic E-state index is -0.794. The first kappa shape index (κ1) is 20.4. The van der Waals surface area contributed by atoms with Crippen molar-refractivity contribution < 1.29 is 14.3 Å². The Labute approximate surface area is 177 Å². The van der Waals surface area contributed by atoms with E-state index in [-0.39, 0.29) is 24.0 Å². The number of amides is 3. The molecule has 2 aromatic carbocycles. The molecule has 1 aliphatic carbocycles. The van der Waals surface area contributed by atoms with Crippen molar-refractivity contribution in [2.24, 2.45) is 0 Å². The average molecular weight is 408 g/mol. The molecule has 1 N–H and O–H groups in total. The molecule has 2 aliphatic rings. The number of hydrogen-bond donors (Lipinski definition) is 1. The van der Waals surface area contributed by atoms with Crippen LogP contribution < -0.4 is 10.1 Å². The normalized spacial score (nSPS) is 26.3. The van der Waals surface area contributed by atoms with Gasteiger partial charge in [-0.1, -0.05) is 42.5 Å². The van der Waals surface area contributed by atoms with Gasteiger partial charge in [-0.2, -0.15) is 0 Å². The summed E-state index contributed by atoms with van der Waals surface area (Å²) in [6, 6.07) is 17.6. The van der Waals surface area contributed by atoms with Crippen LogP contribution in [0, 0.1) is 0 Å². The second-order valence-corrected chi connectivity index (χ2v) is 8.54. The molecule has 158 valence electrons. The van der Waals surface area contributed by atoms with Gasteiger partial charge >= 0.3 is 6.03 Å². The minimum absolute atomic E-state index is 0.108. The molecule has 0 radical (unpaired) electrons. The average Bonchev–Trinajstić information content (AvgIpc) is 2.99. The van der Waals surface area contributed by atoms with Crippen molar-refractivity contribution in [1.82, 2.24) is 15.1 Å². The van der Waals surface area contributed by atoms with E-state index < -0.39 is 5.54 Å². The predicted octanol–water partition coefficient (Wildman–Crippen LogP) is 3.52. The Kier molecular flexibility index (Phi) is 5.28. The smallest absolute Gasteiger partial charge is 0.325 e. The molecule has 30 heavy (non-hydrogen) atoms. The SMILES string of the molecule is COc1ccc(CN2C(=O)NC3(CCC(c4ccccc4)(N(C)C)CC3)C2=O)cc1. The molecule has 0 unspecified atom stereocenters. The molecule has 1 saturated heterocycles. The number of nitrogens with zero attached hydrogens (tertiary/aromatic N) is 2. The number of urea groups is 1. The first-order valence-corrected chi connectivity index (χ1v) is 10.4. The summed E-state index contributed by atoms with van der Waals surface area (Å²) in [5, 5.41) is 3.03. The van der Waals surface area contributed by atoms with Crippen LogP contribution in [0.15, 0.2) is 54.6 Å².